The van der Waals surface area contributed by atoms with E-state index in [1.807, 2.05) is 0 Å². The molecule has 2 rings (SSSR count). The SMILES string of the molecule is Cc1ccccc1CCN1CCC(C)(N)CC1. The molecular weight excluding hydrogens is 208 g/mol. The predicted octanol–water partition coefficient (Wildman–Crippen LogP) is 2.35. The molecule has 0 aliphatic carbocycles. The Balaban J connectivity index is 1.82. The Morgan fingerprint density at radius 3 is 2.53 bits per heavy atom. The molecule has 94 valence electrons. The number of likely N-dealkylation sites (tertiary alicyclic amines) is 1. The summed E-state index contributed by atoms with van der Waals surface area (Å²) < 4.78 is 0. The molecule has 1 aromatic rings. The Labute approximate surface area is 105 Å². The number of benzene rings is 1. The number of hydrogen-bond acceptors (Lipinski definition) is 2. The summed E-state index contributed by atoms with van der Waals surface area (Å²) in [4.78, 5) is 2.54. The zero-order valence-electron chi connectivity index (χ0n) is 11.1. The molecule has 1 aliphatic rings. The largest absolute Gasteiger partial charge is 0.325 e. The van der Waals surface area contributed by atoms with Crippen LogP contribution < -0.4 is 5.73 Å². The first kappa shape index (κ1) is 12.6. The molecule has 0 radical (unpaired) electrons. The number of piperidine rings is 1. The zero-order valence-corrected chi connectivity index (χ0v) is 11.1. The Morgan fingerprint density at radius 2 is 1.88 bits per heavy atom. The van der Waals surface area contributed by atoms with Crippen molar-refractivity contribution in [1.29, 1.82) is 0 Å². The van der Waals surface area contributed by atoms with Gasteiger partial charge in [0.1, 0.15) is 0 Å². The van der Waals surface area contributed by atoms with Gasteiger partial charge in [0.05, 0.1) is 0 Å². The van der Waals surface area contributed by atoms with Crippen molar-refractivity contribution in [3.63, 3.8) is 0 Å². The first-order valence-corrected chi connectivity index (χ1v) is 6.63. The van der Waals surface area contributed by atoms with Crippen LogP contribution in [0.25, 0.3) is 0 Å². The minimum Gasteiger partial charge on any atom is -0.325 e. The molecule has 0 unspecified atom stereocenters. The lowest BCUT2D eigenvalue weighted by Crippen LogP contribution is -2.48. The van der Waals surface area contributed by atoms with Crippen LogP contribution in [0.4, 0.5) is 0 Å². The van der Waals surface area contributed by atoms with Crippen LogP contribution in [0.1, 0.15) is 30.9 Å². The van der Waals surface area contributed by atoms with Crippen molar-refractivity contribution in [3.05, 3.63) is 35.4 Å². The van der Waals surface area contributed by atoms with Gasteiger partial charge in [-0.1, -0.05) is 24.3 Å². The van der Waals surface area contributed by atoms with E-state index >= 15 is 0 Å². The van der Waals surface area contributed by atoms with E-state index in [1.54, 1.807) is 0 Å². The summed E-state index contributed by atoms with van der Waals surface area (Å²) in [6.07, 6.45) is 3.41. The Morgan fingerprint density at radius 1 is 1.24 bits per heavy atom. The smallest absolute Gasteiger partial charge is 0.0150 e. The van der Waals surface area contributed by atoms with Gasteiger partial charge in [-0.2, -0.15) is 0 Å². The second-order valence-corrected chi connectivity index (χ2v) is 5.67. The first-order valence-electron chi connectivity index (χ1n) is 6.63. The summed E-state index contributed by atoms with van der Waals surface area (Å²) in [5.74, 6) is 0. The molecule has 2 heteroatoms. The van der Waals surface area contributed by atoms with Crippen molar-refractivity contribution in [2.24, 2.45) is 5.73 Å². The fourth-order valence-corrected chi connectivity index (χ4v) is 2.46. The van der Waals surface area contributed by atoms with Gasteiger partial charge >= 0.3 is 0 Å². The highest BCUT2D eigenvalue weighted by Crippen LogP contribution is 2.19. The van der Waals surface area contributed by atoms with Crippen molar-refractivity contribution in [2.45, 2.75) is 38.6 Å². The summed E-state index contributed by atoms with van der Waals surface area (Å²) in [7, 11) is 0. The highest BCUT2D eigenvalue weighted by Gasteiger charge is 2.25. The molecule has 2 N–H and O–H groups in total. The van der Waals surface area contributed by atoms with Gasteiger partial charge in [-0.3, -0.25) is 0 Å². The molecule has 0 aromatic heterocycles. The van der Waals surface area contributed by atoms with E-state index in [1.165, 1.54) is 17.7 Å². The maximum Gasteiger partial charge on any atom is 0.0150 e. The van der Waals surface area contributed by atoms with E-state index in [-0.39, 0.29) is 5.54 Å². The average Bonchev–Trinajstić information content (AvgIpc) is 2.30. The monoisotopic (exact) mass is 232 g/mol. The van der Waals surface area contributed by atoms with Gasteiger partial charge in [0, 0.05) is 12.1 Å². The van der Waals surface area contributed by atoms with Gasteiger partial charge in [-0.25, -0.2) is 0 Å². The molecule has 0 spiro atoms. The molecule has 0 bridgehead atoms. The Bertz CT molecular complexity index is 361. The Kier molecular flexibility index (Phi) is 3.85. The molecule has 1 aliphatic heterocycles. The van der Waals surface area contributed by atoms with Gasteiger partial charge in [0.2, 0.25) is 0 Å². The minimum atomic E-state index is 0.0686. The van der Waals surface area contributed by atoms with Crippen LogP contribution in [-0.2, 0) is 6.42 Å². The molecule has 1 fully saturated rings. The molecular formula is C15H24N2. The van der Waals surface area contributed by atoms with Crippen LogP contribution in [0, 0.1) is 6.92 Å². The number of rotatable bonds is 3. The predicted molar refractivity (Wildman–Crippen MR) is 73.1 cm³/mol. The van der Waals surface area contributed by atoms with Gasteiger partial charge in [-0.15, -0.1) is 0 Å². The van der Waals surface area contributed by atoms with Crippen molar-refractivity contribution < 1.29 is 0 Å². The standard InChI is InChI=1S/C15H24N2/c1-13-5-3-4-6-14(13)7-10-17-11-8-15(2,16)9-12-17/h3-6H,7-12,16H2,1-2H3. The third-order valence-electron chi connectivity index (χ3n) is 3.96. The lowest BCUT2D eigenvalue weighted by molar-refractivity contribution is 0.173. The fraction of sp³-hybridized carbons (Fsp3) is 0.600. The van der Waals surface area contributed by atoms with E-state index in [4.69, 9.17) is 5.73 Å². The molecule has 2 nitrogen and oxygen atoms in total. The maximum atomic E-state index is 6.14. The number of nitrogens with two attached hydrogens (primary N) is 1. The normalized spacial score (nSPS) is 20.4. The third kappa shape index (κ3) is 3.55. The quantitative estimate of drug-likeness (QED) is 0.867. The molecule has 1 heterocycles. The van der Waals surface area contributed by atoms with E-state index in [9.17, 15) is 0 Å². The second kappa shape index (κ2) is 5.19. The molecule has 0 saturated carbocycles. The highest BCUT2D eigenvalue weighted by molar-refractivity contribution is 5.25. The summed E-state index contributed by atoms with van der Waals surface area (Å²) >= 11 is 0. The molecule has 17 heavy (non-hydrogen) atoms. The van der Waals surface area contributed by atoms with Gasteiger partial charge in [0.25, 0.3) is 0 Å². The van der Waals surface area contributed by atoms with Crippen molar-refractivity contribution >= 4 is 0 Å². The van der Waals surface area contributed by atoms with Crippen LogP contribution >= 0.6 is 0 Å². The van der Waals surface area contributed by atoms with Gasteiger partial charge < -0.3 is 10.6 Å². The van der Waals surface area contributed by atoms with Crippen molar-refractivity contribution in [3.8, 4) is 0 Å². The van der Waals surface area contributed by atoms with Gasteiger partial charge in [0.15, 0.2) is 0 Å². The molecule has 0 atom stereocenters. The van der Waals surface area contributed by atoms with Crippen LogP contribution in [0.15, 0.2) is 24.3 Å². The zero-order chi connectivity index (χ0) is 12.3. The molecule has 1 aromatic carbocycles. The summed E-state index contributed by atoms with van der Waals surface area (Å²) in [6.45, 7) is 7.84. The van der Waals surface area contributed by atoms with Crippen LogP contribution in [0.2, 0.25) is 0 Å². The second-order valence-electron chi connectivity index (χ2n) is 5.67. The fourth-order valence-electron chi connectivity index (χ4n) is 2.46. The van der Waals surface area contributed by atoms with Crippen LogP contribution in [-0.4, -0.2) is 30.1 Å². The van der Waals surface area contributed by atoms with Crippen LogP contribution in [0.3, 0.4) is 0 Å². The topological polar surface area (TPSA) is 29.3 Å². The molecule has 0 amide bonds. The van der Waals surface area contributed by atoms with Crippen molar-refractivity contribution in [1.82, 2.24) is 4.90 Å². The summed E-state index contributed by atoms with van der Waals surface area (Å²) in [5.41, 5.74) is 9.10. The van der Waals surface area contributed by atoms with E-state index < -0.39 is 0 Å². The average molecular weight is 232 g/mol. The van der Waals surface area contributed by atoms with E-state index in [0.717, 1.165) is 32.4 Å². The van der Waals surface area contributed by atoms with Gasteiger partial charge in [-0.05, 0) is 57.3 Å². The van der Waals surface area contributed by atoms with Crippen molar-refractivity contribution in [2.75, 3.05) is 19.6 Å². The number of nitrogens with zero attached hydrogens (tertiary/aromatic N) is 1. The summed E-state index contributed by atoms with van der Waals surface area (Å²) in [5, 5.41) is 0. The number of aryl methyl sites for hydroxylation is 1. The Hall–Kier alpha value is -0.860. The third-order valence-corrected chi connectivity index (χ3v) is 3.96. The lowest BCUT2D eigenvalue weighted by atomic mass is 9.91. The van der Waals surface area contributed by atoms with E-state index in [2.05, 4.69) is 43.0 Å². The van der Waals surface area contributed by atoms with Crippen LogP contribution in [0.5, 0.6) is 0 Å². The minimum absolute atomic E-state index is 0.0686. The lowest BCUT2D eigenvalue weighted by Gasteiger charge is -2.36. The first-order chi connectivity index (χ1) is 8.07. The molecule has 1 saturated heterocycles. The maximum absolute atomic E-state index is 6.14. The van der Waals surface area contributed by atoms with E-state index in [0.29, 0.717) is 0 Å². The highest BCUT2D eigenvalue weighted by atomic mass is 15.1. The number of hydrogen-bond donors (Lipinski definition) is 1. The summed E-state index contributed by atoms with van der Waals surface area (Å²) in [6, 6.07) is 8.68.